The molecule has 0 aliphatic carbocycles. The molecular formula is C20H12Cl2F3N5O2. The maximum atomic E-state index is 13.8. The van der Waals surface area contributed by atoms with Crippen molar-refractivity contribution in [2.24, 2.45) is 0 Å². The van der Waals surface area contributed by atoms with Crippen LogP contribution in [0.25, 0.3) is 16.8 Å². The van der Waals surface area contributed by atoms with Crippen LogP contribution in [0.5, 0.6) is 0 Å². The Hall–Kier alpha value is -3.29. The van der Waals surface area contributed by atoms with Crippen LogP contribution in [-0.2, 0) is 6.54 Å². The molecule has 3 heterocycles. The largest absolute Gasteiger partial charge is 0.345 e. The molecule has 0 amide bonds. The molecule has 4 rings (SSSR count). The van der Waals surface area contributed by atoms with Gasteiger partial charge in [0.15, 0.2) is 0 Å². The molecule has 2 aromatic heterocycles. The lowest BCUT2D eigenvalue weighted by atomic mass is 10.0. The summed E-state index contributed by atoms with van der Waals surface area (Å²) in [6.07, 6.45) is 2.51. The Kier molecular flexibility index (Phi) is 5.48. The van der Waals surface area contributed by atoms with Gasteiger partial charge in [-0.05, 0) is 23.8 Å². The number of hydrogen-bond acceptors (Lipinski definition) is 5. The van der Waals surface area contributed by atoms with Gasteiger partial charge in [0.1, 0.15) is 18.2 Å². The topological polar surface area (TPSA) is 83.9 Å². The van der Waals surface area contributed by atoms with E-state index in [0.29, 0.717) is 0 Å². The second kappa shape index (κ2) is 8.00. The summed E-state index contributed by atoms with van der Waals surface area (Å²) in [5.41, 5.74) is -1.93. The van der Waals surface area contributed by atoms with Crippen molar-refractivity contribution in [3.05, 3.63) is 73.4 Å². The number of nitrogens with zero attached hydrogens (tertiary/aromatic N) is 5. The maximum Gasteiger partial charge on any atom is 0.338 e. The van der Waals surface area contributed by atoms with Gasteiger partial charge in [-0.2, -0.15) is 5.26 Å². The highest BCUT2D eigenvalue weighted by Gasteiger charge is 2.46. The molecule has 32 heavy (non-hydrogen) atoms. The van der Waals surface area contributed by atoms with Crippen LogP contribution in [0.15, 0.2) is 46.2 Å². The molecule has 0 spiro atoms. The van der Waals surface area contributed by atoms with E-state index in [1.165, 1.54) is 24.5 Å². The van der Waals surface area contributed by atoms with Crippen LogP contribution in [0.1, 0.15) is 0 Å². The highest BCUT2D eigenvalue weighted by molar-refractivity contribution is 6.31. The van der Waals surface area contributed by atoms with Crippen LogP contribution < -0.4 is 16.1 Å². The van der Waals surface area contributed by atoms with E-state index in [1.807, 2.05) is 0 Å². The van der Waals surface area contributed by atoms with Crippen LogP contribution in [0.3, 0.4) is 0 Å². The van der Waals surface area contributed by atoms with Gasteiger partial charge in [-0.15, -0.1) is 0 Å². The van der Waals surface area contributed by atoms with Gasteiger partial charge >= 0.3 is 5.69 Å². The summed E-state index contributed by atoms with van der Waals surface area (Å²) < 4.78 is 42.7. The van der Waals surface area contributed by atoms with Crippen molar-refractivity contribution in [3.8, 4) is 22.9 Å². The summed E-state index contributed by atoms with van der Waals surface area (Å²) >= 11 is 11.8. The Labute approximate surface area is 188 Å². The van der Waals surface area contributed by atoms with Gasteiger partial charge in [-0.25, -0.2) is 22.5 Å². The number of halogens is 5. The Morgan fingerprint density at radius 3 is 2.47 bits per heavy atom. The number of alkyl halides is 2. The lowest BCUT2D eigenvalue weighted by Gasteiger charge is -2.41. The first kappa shape index (κ1) is 21.9. The number of benzene rings is 1. The van der Waals surface area contributed by atoms with E-state index in [4.69, 9.17) is 23.2 Å². The molecular weight excluding hydrogens is 470 g/mol. The van der Waals surface area contributed by atoms with Crippen LogP contribution in [0.4, 0.5) is 19.0 Å². The third-order valence-corrected chi connectivity index (χ3v) is 5.34. The van der Waals surface area contributed by atoms with Crippen molar-refractivity contribution < 1.29 is 13.2 Å². The quantitative estimate of drug-likeness (QED) is 0.569. The molecule has 0 unspecified atom stereocenters. The molecule has 0 saturated carbocycles. The van der Waals surface area contributed by atoms with Crippen LogP contribution in [0, 0.1) is 17.1 Å². The third-order valence-electron chi connectivity index (χ3n) is 4.85. The lowest BCUT2D eigenvalue weighted by molar-refractivity contribution is -0.0270. The molecule has 0 atom stereocenters. The number of nitriles is 1. The van der Waals surface area contributed by atoms with E-state index < -0.39 is 42.6 Å². The van der Waals surface area contributed by atoms with Crippen molar-refractivity contribution in [1.29, 1.82) is 5.26 Å². The zero-order valence-corrected chi connectivity index (χ0v) is 17.5. The number of anilines is 1. The SMILES string of the molecule is N#CCn1c(N2CC(F)(F)C2)c(-c2ccc(F)c(Cl)c2)c(=O)n(-c2cncc(Cl)c2)c1=O. The lowest BCUT2D eigenvalue weighted by Crippen LogP contribution is -2.59. The highest BCUT2D eigenvalue weighted by Crippen LogP contribution is 2.37. The fraction of sp³-hybridized carbons (Fsp3) is 0.200. The maximum absolute atomic E-state index is 13.8. The molecule has 0 bridgehead atoms. The summed E-state index contributed by atoms with van der Waals surface area (Å²) in [5, 5.41) is 9.12. The molecule has 1 aliphatic rings. The van der Waals surface area contributed by atoms with Gasteiger partial charge in [0, 0.05) is 6.20 Å². The molecule has 3 aromatic rings. The van der Waals surface area contributed by atoms with Crippen LogP contribution in [0.2, 0.25) is 10.0 Å². The molecule has 7 nitrogen and oxygen atoms in total. The third kappa shape index (κ3) is 3.74. The fourth-order valence-corrected chi connectivity index (χ4v) is 3.85. The molecule has 1 fully saturated rings. The minimum Gasteiger partial charge on any atom is -0.345 e. The van der Waals surface area contributed by atoms with E-state index in [-0.39, 0.29) is 32.7 Å². The Morgan fingerprint density at radius 2 is 1.88 bits per heavy atom. The monoisotopic (exact) mass is 481 g/mol. The summed E-state index contributed by atoms with van der Waals surface area (Å²) in [4.78, 5) is 31.7. The fourth-order valence-electron chi connectivity index (χ4n) is 3.50. The molecule has 0 N–H and O–H groups in total. The molecule has 164 valence electrons. The Balaban J connectivity index is 2.11. The highest BCUT2D eigenvalue weighted by atomic mass is 35.5. The predicted octanol–water partition coefficient (Wildman–Crippen LogP) is 3.49. The average Bonchev–Trinajstić information content (AvgIpc) is 2.70. The minimum atomic E-state index is -3.03. The summed E-state index contributed by atoms with van der Waals surface area (Å²) in [7, 11) is 0. The molecule has 1 aromatic carbocycles. The molecule has 12 heteroatoms. The van der Waals surface area contributed by atoms with Crippen molar-refractivity contribution in [1.82, 2.24) is 14.1 Å². The standard InChI is InChI=1S/C20H12Cl2F3N5O2/c21-12-6-13(8-27-7-12)30-18(31)16(11-1-2-15(23)14(22)5-11)17(28-9-20(24,25)10-28)29(4-3-26)19(30)32/h1-2,5-8H,4,9-10H2. The normalized spacial score (nSPS) is 14.7. The zero-order chi connectivity index (χ0) is 23.2. The smallest absolute Gasteiger partial charge is 0.338 e. The van der Waals surface area contributed by atoms with E-state index in [0.717, 1.165) is 26.2 Å². The summed E-state index contributed by atoms with van der Waals surface area (Å²) in [6, 6.07) is 6.51. The Morgan fingerprint density at radius 1 is 1.16 bits per heavy atom. The predicted molar refractivity (Wildman–Crippen MR) is 112 cm³/mol. The van der Waals surface area contributed by atoms with Crippen LogP contribution >= 0.6 is 23.2 Å². The van der Waals surface area contributed by atoms with E-state index in [2.05, 4.69) is 4.98 Å². The van der Waals surface area contributed by atoms with Gasteiger partial charge in [0.05, 0.1) is 46.7 Å². The van der Waals surface area contributed by atoms with E-state index >= 15 is 0 Å². The first-order valence-corrected chi connectivity index (χ1v) is 9.84. The minimum absolute atomic E-state index is 0.00846. The van der Waals surface area contributed by atoms with Crippen molar-refractivity contribution in [2.45, 2.75) is 12.5 Å². The number of hydrogen-bond donors (Lipinski definition) is 0. The second-order valence-corrected chi connectivity index (χ2v) is 7.91. The van der Waals surface area contributed by atoms with Gasteiger partial charge in [-0.3, -0.25) is 14.3 Å². The molecule has 1 aliphatic heterocycles. The van der Waals surface area contributed by atoms with Gasteiger partial charge in [-0.1, -0.05) is 29.3 Å². The average molecular weight is 482 g/mol. The van der Waals surface area contributed by atoms with E-state index in [9.17, 15) is 28.0 Å². The first-order valence-electron chi connectivity index (χ1n) is 9.09. The van der Waals surface area contributed by atoms with Crippen molar-refractivity contribution in [3.63, 3.8) is 0 Å². The van der Waals surface area contributed by atoms with E-state index in [1.54, 1.807) is 6.07 Å². The summed E-state index contributed by atoms with van der Waals surface area (Å²) in [5.74, 6) is -3.96. The van der Waals surface area contributed by atoms with Gasteiger partial charge in [0.2, 0.25) is 0 Å². The van der Waals surface area contributed by atoms with Gasteiger partial charge < -0.3 is 4.90 Å². The second-order valence-electron chi connectivity index (χ2n) is 7.07. The first-order chi connectivity index (χ1) is 15.1. The number of aromatic nitrogens is 3. The van der Waals surface area contributed by atoms with Gasteiger partial charge in [0.25, 0.3) is 11.5 Å². The number of rotatable bonds is 4. The number of pyridine rings is 1. The molecule has 0 radical (unpaired) electrons. The van der Waals surface area contributed by atoms with Crippen LogP contribution in [-0.4, -0.2) is 33.1 Å². The van der Waals surface area contributed by atoms with Crippen molar-refractivity contribution >= 4 is 29.0 Å². The summed E-state index contributed by atoms with van der Waals surface area (Å²) in [6.45, 7) is -2.06. The Bertz CT molecular complexity index is 1390. The molecule has 1 saturated heterocycles. The van der Waals surface area contributed by atoms with Crippen molar-refractivity contribution in [2.75, 3.05) is 18.0 Å². The zero-order valence-electron chi connectivity index (χ0n) is 16.0.